The van der Waals surface area contributed by atoms with Gasteiger partial charge in [-0.3, -0.25) is 9.10 Å². The molecule has 0 unspecified atom stereocenters. The molecule has 2 aliphatic rings. The van der Waals surface area contributed by atoms with Gasteiger partial charge in [0.05, 0.1) is 23.2 Å². The van der Waals surface area contributed by atoms with E-state index in [0.29, 0.717) is 16.5 Å². The number of carbonyl (C=O) groups excluding carboxylic acids is 1. The summed E-state index contributed by atoms with van der Waals surface area (Å²) in [4.78, 5) is 13.4. The third-order valence-corrected chi connectivity index (χ3v) is 8.16. The number of carbonyl (C=O) groups is 1. The molecule has 6 nitrogen and oxygen atoms in total. The SMILES string of the molecule is O=C(N[C@H]1CCCc2ccccc21)[C@@H]1CN(S(=O)(=O)c2ccc(Cl)cc2)c2ccccc2O1. The van der Waals surface area contributed by atoms with Crippen molar-refractivity contribution in [3.8, 4) is 5.75 Å². The first-order chi connectivity index (χ1) is 15.9. The van der Waals surface area contributed by atoms with E-state index in [4.69, 9.17) is 16.3 Å². The largest absolute Gasteiger partial charge is 0.476 e. The van der Waals surface area contributed by atoms with Crippen molar-refractivity contribution in [3.63, 3.8) is 0 Å². The van der Waals surface area contributed by atoms with Gasteiger partial charge in [-0.1, -0.05) is 48.0 Å². The Balaban J connectivity index is 1.44. The Morgan fingerprint density at radius 3 is 2.55 bits per heavy atom. The summed E-state index contributed by atoms with van der Waals surface area (Å²) in [7, 11) is -3.93. The number of hydrogen-bond donors (Lipinski definition) is 1. The van der Waals surface area contributed by atoms with Crippen molar-refractivity contribution in [1.82, 2.24) is 5.32 Å². The number of nitrogens with zero attached hydrogens (tertiary/aromatic N) is 1. The van der Waals surface area contributed by atoms with Crippen LogP contribution in [0.1, 0.15) is 30.0 Å². The molecule has 2 atom stereocenters. The molecule has 1 N–H and O–H groups in total. The van der Waals surface area contributed by atoms with Gasteiger partial charge in [-0.15, -0.1) is 0 Å². The maximum Gasteiger partial charge on any atom is 0.264 e. The van der Waals surface area contributed by atoms with E-state index >= 15 is 0 Å². The van der Waals surface area contributed by atoms with Gasteiger partial charge in [0.25, 0.3) is 15.9 Å². The standard InChI is InChI=1S/C25H23ClN2O4S/c26-18-12-14-19(15-13-18)33(30,31)28-16-24(32-23-11-4-3-10-22(23)28)25(29)27-21-9-5-7-17-6-1-2-8-20(17)21/h1-4,6,8,10-15,21,24H,5,7,9,16H2,(H,27,29)/t21-,24-/m0/s1. The smallest absolute Gasteiger partial charge is 0.264 e. The summed E-state index contributed by atoms with van der Waals surface area (Å²) in [5.41, 5.74) is 2.74. The number of benzene rings is 3. The van der Waals surface area contributed by atoms with Crippen LogP contribution in [0.25, 0.3) is 0 Å². The Labute approximate surface area is 198 Å². The summed E-state index contributed by atoms with van der Waals surface area (Å²) in [6, 6.07) is 20.8. The highest BCUT2D eigenvalue weighted by Crippen LogP contribution is 2.37. The minimum atomic E-state index is -3.93. The summed E-state index contributed by atoms with van der Waals surface area (Å²) < 4.78 is 34.2. The van der Waals surface area contributed by atoms with Crippen molar-refractivity contribution in [1.29, 1.82) is 0 Å². The number of aryl methyl sites for hydroxylation is 1. The molecule has 0 radical (unpaired) electrons. The number of halogens is 1. The normalized spacial score (nSPS) is 19.7. The molecule has 0 spiro atoms. The molecule has 5 rings (SSSR count). The number of ether oxygens (including phenoxy) is 1. The number of nitrogens with one attached hydrogen (secondary N) is 1. The van der Waals surface area contributed by atoms with Crippen molar-refractivity contribution >= 4 is 33.2 Å². The molecule has 1 aliphatic heterocycles. The molecule has 3 aromatic carbocycles. The van der Waals surface area contributed by atoms with E-state index in [-0.39, 0.29) is 23.4 Å². The maximum atomic E-state index is 13.5. The summed E-state index contributed by atoms with van der Waals surface area (Å²) in [6.45, 7) is -0.123. The molecule has 1 aliphatic carbocycles. The van der Waals surface area contributed by atoms with E-state index in [2.05, 4.69) is 11.4 Å². The molecule has 1 heterocycles. The zero-order valence-corrected chi connectivity index (χ0v) is 19.4. The lowest BCUT2D eigenvalue weighted by molar-refractivity contribution is -0.128. The van der Waals surface area contributed by atoms with E-state index in [9.17, 15) is 13.2 Å². The summed E-state index contributed by atoms with van der Waals surface area (Å²) >= 11 is 5.94. The molecular weight excluding hydrogens is 460 g/mol. The van der Waals surface area contributed by atoms with Crippen LogP contribution in [0.15, 0.2) is 77.7 Å². The molecule has 0 bridgehead atoms. The summed E-state index contributed by atoms with van der Waals surface area (Å²) in [5, 5.41) is 3.54. The highest BCUT2D eigenvalue weighted by Gasteiger charge is 2.38. The van der Waals surface area contributed by atoms with Crippen LogP contribution in [0.2, 0.25) is 5.02 Å². The van der Waals surface area contributed by atoms with Crippen molar-refractivity contribution < 1.29 is 17.9 Å². The van der Waals surface area contributed by atoms with Crippen LogP contribution < -0.4 is 14.4 Å². The van der Waals surface area contributed by atoms with Gasteiger partial charge < -0.3 is 10.1 Å². The van der Waals surface area contributed by atoms with E-state index in [1.54, 1.807) is 24.3 Å². The molecule has 33 heavy (non-hydrogen) atoms. The van der Waals surface area contributed by atoms with Crippen molar-refractivity contribution in [2.24, 2.45) is 0 Å². The highest BCUT2D eigenvalue weighted by atomic mass is 35.5. The molecule has 3 aromatic rings. The monoisotopic (exact) mass is 482 g/mol. The Bertz CT molecular complexity index is 1290. The Kier molecular flexibility index (Phi) is 5.76. The predicted molar refractivity (Wildman–Crippen MR) is 127 cm³/mol. The van der Waals surface area contributed by atoms with Gasteiger partial charge in [0.1, 0.15) is 5.75 Å². The Hall–Kier alpha value is -3.03. The van der Waals surface area contributed by atoms with Gasteiger partial charge in [0, 0.05) is 5.02 Å². The average Bonchev–Trinajstić information content (AvgIpc) is 2.84. The van der Waals surface area contributed by atoms with E-state index < -0.39 is 16.1 Å². The number of sulfonamides is 1. The number of anilines is 1. The fourth-order valence-corrected chi connectivity index (χ4v) is 6.07. The van der Waals surface area contributed by atoms with Gasteiger partial charge in [0.2, 0.25) is 0 Å². The predicted octanol–water partition coefficient (Wildman–Crippen LogP) is 4.49. The number of amides is 1. The molecule has 1 amide bonds. The fraction of sp³-hybridized carbons (Fsp3) is 0.240. The molecule has 0 saturated heterocycles. The van der Waals surface area contributed by atoms with Crippen LogP contribution >= 0.6 is 11.6 Å². The average molecular weight is 483 g/mol. The van der Waals surface area contributed by atoms with Crippen LogP contribution in [-0.2, 0) is 21.2 Å². The lowest BCUT2D eigenvalue weighted by atomic mass is 9.87. The molecular formula is C25H23ClN2O4S. The van der Waals surface area contributed by atoms with Crippen molar-refractivity contribution in [2.45, 2.75) is 36.3 Å². The molecule has 0 aromatic heterocycles. The third-order valence-electron chi connectivity index (χ3n) is 6.11. The lowest BCUT2D eigenvalue weighted by Gasteiger charge is -2.36. The van der Waals surface area contributed by atoms with Crippen LogP contribution in [0.3, 0.4) is 0 Å². The first-order valence-electron chi connectivity index (χ1n) is 10.9. The Morgan fingerprint density at radius 2 is 1.73 bits per heavy atom. The number of para-hydroxylation sites is 2. The van der Waals surface area contributed by atoms with Gasteiger partial charge >= 0.3 is 0 Å². The number of hydrogen-bond acceptors (Lipinski definition) is 4. The number of fused-ring (bicyclic) bond motifs is 2. The Morgan fingerprint density at radius 1 is 1.00 bits per heavy atom. The molecule has 8 heteroatoms. The minimum absolute atomic E-state index is 0.101. The molecule has 0 saturated carbocycles. The van der Waals surface area contributed by atoms with E-state index in [1.807, 2.05) is 18.2 Å². The van der Waals surface area contributed by atoms with Gasteiger partial charge in [-0.2, -0.15) is 0 Å². The molecule has 0 fully saturated rings. The maximum absolute atomic E-state index is 13.5. The van der Waals surface area contributed by atoms with E-state index in [1.165, 1.54) is 34.1 Å². The first-order valence-corrected chi connectivity index (χ1v) is 12.7. The first kappa shape index (κ1) is 21.8. The third kappa shape index (κ3) is 4.18. The van der Waals surface area contributed by atoms with Gasteiger partial charge in [-0.25, -0.2) is 8.42 Å². The van der Waals surface area contributed by atoms with Gasteiger partial charge in [0.15, 0.2) is 6.10 Å². The zero-order valence-electron chi connectivity index (χ0n) is 17.8. The quantitative estimate of drug-likeness (QED) is 0.594. The summed E-state index contributed by atoms with van der Waals surface area (Å²) in [6.07, 6.45) is 1.82. The zero-order chi connectivity index (χ0) is 23.0. The molecule has 170 valence electrons. The highest BCUT2D eigenvalue weighted by molar-refractivity contribution is 7.92. The second kappa shape index (κ2) is 8.72. The number of rotatable bonds is 4. The summed E-state index contributed by atoms with van der Waals surface area (Å²) in [5.74, 6) is 0.0213. The van der Waals surface area contributed by atoms with Crippen LogP contribution in [-0.4, -0.2) is 27.0 Å². The van der Waals surface area contributed by atoms with Crippen molar-refractivity contribution in [2.75, 3.05) is 10.8 Å². The van der Waals surface area contributed by atoms with Crippen molar-refractivity contribution in [3.05, 3.63) is 88.9 Å². The van der Waals surface area contributed by atoms with Crippen LogP contribution in [0, 0.1) is 0 Å². The topological polar surface area (TPSA) is 75.7 Å². The van der Waals surface area contributed by atoms with Crippen LogP contribution in [0.5, 0.6) is 5.75 Å². The minimum Gasteiger partial charge on any atom is -0.476 e. The second-order valence-corrected chi connectivity index (χ2v) is 10.5. The van der Waals surface area contributed by atoms with E-state index in [0.717, 1.165) is 24.8 Å². The second-order valence-electron chi connectivity index (χ2n) is 8.22. The lowest BCUT2D eigenvalue weighted by Crippen LogP contribution is -2.51. The fourth-order valence-electron chi connectivity index (χ4n) is 4.47. The van der Waals surface area contributed by atoms with Gasteiger partial charge in [-0.05, 0) is 66.8 Å². The van der Waals surface area contributed by atoms with Crippen LogP contribution in [0.4, 0.5) is 5.69 Å².